The highest BCUT2D eigenvalue weighted by molar-refractivity contribution is 5.89. The molecule has 1 atom stereocenters. The molecule has 0 spiro atoms. The van der Waals surface area contributed by atoms with Crippen LogP contribution in [-0.2, 0) is 4.79 Å². The molecule has 0 bridgehead atoms. The van der Waals surface area contributed by atoms with E-state index in [0.29, 0.717) is 5.69 Å². The Morgan fingerprint density at radius 2 is 2.10 bits per heavy atom. The van der Waals surface area contributed by atoms with E-state index in [2.05, 4.69) is 10.6 Å². The van der Waals surface area contributed by atoms with Crippen LogP contribution in [0.15, 0.2) is 18.2 Å². The minimum absolute atomic E-state index is 0.0512. The molecule has 1 aromatic rings. The zero-order valence-corrected chi connectivity index (χ0v) is 11.3. The third kappa shape index (κ3) is 4.77. The number of aliphatic hydroxyl groups excluding tert-OH is 1. The highest BCUT2D eigenvalue weighted by Crippen LogP contribution is 2.21. The average Bonchev–Trinajstić information content (AvgIpc) is 2.38. The zero-order chi connectivity index (χ0) is 15.1. The van der Waals surface area contributed by atoms with Crippen molar-refractivity contribution in [1.29, 1.82) is 0 Å². The van der Waals surface area contributed by atoms with E-state index in [9.17, 15) is 9.59 Å². The van der Waals surface area contributed by atoms with Crippen LogP contribution in [0.5, 0.6) is 5.75 Å². The number of ether oxygens (including phenoxy) is 1. The summed E-state index contributed by atoms with van der Waals surface area (Å²) >= 11 is 0. The topological polar surface area (TPSA) is 108 Å². The molecule has 20 heavy (non-hydrogen) atoms. The van der Waals surface area contributed by atoms with E-state index in [-0.39, 0.29) is 13.0 Å². The summed E-state index contributed by atoms with van der Waals surface area (Å²) in [5.41, 5.74) is 1.48. The lowest BCUT2D eigenvalue weighted by Crippen LogP contribution is -2.33. The zero-order valence-electron chi connectivity index (χ0n) is 11.3. The maximum absolute atomic E-state index is 11.5. The van der Waals surface area contributed by atoms with Gasteiger partial charge in [-0.3, -0.25) is 0 Å². The lowest BCUT2D eigenvalue weighted by molar-refractivity contribution is -0.146. The van der Waals surface area contributed by atoms with Crippen LogP contribution < -0.4 is 15.4 Å². The summed E-state index contributed by atoms with van der Waals surface area (Å²) in [6.07, 6.45) is -1.52. The molecule has 0 saturated carbocycles. The Bertz CT molecular complexity index is 490. The number of carbonyl (C=O) groups excluding carboxylic acids is 1. The van der Waals surface area contributed by atoms with Crippen molar-refractivity contribution < 1.29 is 24.5 Å². The normalized spacial score (nSPS) is 11.6. The van der Waals surface area contributed by atoms with Crippen LogP contribution in [0, 0.1) is 6.92 Å². The molecule has 1 rings (SSSR count). The molecule has 2 amide bonds. The molecule has 7 nitrogen and oxygen atoms in total. The number of anilines is 1. The smallest absolute Gasteiger partial charge is 0.332 e. The molecule has 0 aliphatic heterocycles. The Morgan fingerprint density at radius 3 is 2.65 bits per heavy atom. The van der Waals surface area contributed by atoms with Gasteiger partial charge in [0.15, 0.2) is 6.10 Å². The first-order chi connectivity index (χ1) is 9.43. The molecule has 0 saturated heterocycles. The lowest BCUT2D eigenvalue weighted by Gasteiger charge is -2.10. The Balaban J connectivity index is 2.43. The van der Waals surface area contributed by atoms with Crippen LogP contribution >= 0.6 is 0 Å². The summed E-state index contributed by atoms with van der Waals surface area (Å²) in [7, 11) is 1.57. The van der Waals surface area contributed by atoms with E-state index < -0.39 is 18.1 Å². The van der Waals surface area contributed by atoms with Gasteiger partial charge in [0.05, 0.1) is 7.11 Å². The molecule has 0 aromatic heterocycles. The van der Waals surface area contributed by atoms with Crippen LogP contribution in [0.1, 0.15) is 12.0 Å². The number of carbonyl (C=O) groups is 2. The van der Waals surface area contributed by atoms with Gasteiger partial charge < -0.3 is 25.6 Å². The summed E-state index contributed by atoms with van der Waals surface area (Å²) in [5, 5.41) is 22.6. The van der Waals surface area contributed by atoms with E-state index >= 15 is 0 Å². The fraction of sp³-hybridized carbons (Fsp3) is 0.385. The number of hydrogen-bond acceptors (Lipinski definition) is 4. The van der Waals surface area contributed by atoms with Gasteiger partial charge in [0, 0.05) is 18.7 Å². The van der Waals surface area contributed by atoms with Gasteiger partial charge in [-0.05, 0) is 30.7 Å². The van der Waals surface area contributed by atoms with Crippen molar-refractivity contribution >= 4 is 17.7 Å². The molecule has 0 radical (unpaired) electrons. The summed E-state index contributed by atoms with van der Waals surface area (Å²) in [5.74, 6) is -0.585. The highest BCUT2D eigenvalue weighted by Gasteiger charge is 2.12. The number of aryl methyl sites for hydroxylation is 1. The number of carboxylic acids is 1. The molecule has 0 aliphatic carbocycles. The number of methoxy groups -OCH3 is 1. The quantitative estimate of drug-likeness (QED) is 0.621. The number of urea groups is 1. The molecule has 0 aliphatic rings. The highest BCUT2D eigenvalue weighted by atomic mass is 16.5. The first-order valence-electron chi connectivity index (χ1n) is 6.04. The number of benzene rings is 1. The summed E-state index contributed by atoms with van der Waals surface area (Å²) in [6.45, 7) is 1.92. The molecule has 1 unspecified atom stereocenters. The van der Waals surface area contributed by atoms with Crippen LogP contribution in [0.2, 0.25) is 0 Å². The Kier molecular flexibility index (Phi) is 5.79. The van der Waals surface area contributed by atoms with Gasteiger partial charge in [-0.15, -0.1) is 0 Å². The number of aliphatic hydroxyl groups is 1. The van der Waals surface area contributed by atoms with Gasteiger partial charge in [-0.2, -0.15) is 0 Å². The molecule has 0 fully saturated rings. The standard InChI is InChI=1S/C13H18N2O5/c1-8-7-9(3-4-11(8)20-2)15-13(19)14-6-5-10(16)12(17)18/h3-4,7,10,16H,5-6H2,1-2H3,(H,17,18)(H2,14,15,19). The van der Waals surface area contributed by atoms with Gasteiger partial charge in [0.1, 0.15) is 5.75 Å². The van der Waals surface area contributed by atoms with Gasteiger partial charge in [-0.25, -0.2) is 9.59 Å². The Labute approximate surface area is 116 Å². The minimum Gasteiger partial charge on any atom is -0.496 e. The second-order valence-corrected chi connectivity index (χ2v) is 4.21. The largest absolute Gasteiger partial charge is 0.496 e. The molecule has 7 heteroatoms. The van der Waals surface area contributed by atoms with Crippen molar-refractivity contribution in [3.8, 4) is 5.75 Å². The monoisotopic (exact) mass is 282 g/mol. The Hall–Kier alpha value is -2.28. The van der Waals surface area contributed by atoms with Crippen molar-refractivity contribution in [1.82, 2.24) is 5.32 Å². The first kappa shape index (κ1) is 15.8. The van der Waals surface area contributed by atoms with E-state index in [1.807, 2.05) is 6.92 Å². The SMILES string of the molecule is COc1ccc(NC(=O)NCCC(O)C(=O)O)cc1C. The second kappa shape index (κ2) is 7.34. The van der Waals surface area contributed by atoms with Crippen LogP contribution in [0.3, 0.4) is 0 Å². The maximum atomic E-state index is 11.5. The molecule has 4 N–H and O–H groups in total. The summed E-state index contributed by atoms with van der Waals surface area (Å²) in [6, 6.07) is 4.72. The van der Waals surface area contributed by atoms with Crippen molar-refractivity contribution in [3.05, 3.63) is 23.8 Å². The first-order valence-corrected chi connectivity index (χ1v) is 6.04. The third-order valence-corrected chi connectivity index (χ3v) is 2.64. The van der Waals surface area contributed by atoms with Crippen LogP contribution in [0.25, 0.3) is 0 Å². The van der Waals surface area contributed by atoms with Crippen LogP contribution in [-0.4, -0.2) is 42.0 Å². The number of rotatable bonds is 6. The summed E-state index contributed by atoms with van der Waals surface area (Å²) in [4.78, 5) is 21.9. The fourth-order valence-electron chi connectivity index (χ4n) is 1.58. The second-order valence-electron chi connectivity index (χ2n) is 4.21. The van der Waals surface area contributed by atoms with Crippen molar-refractivity contribution in [2.24, 2.45) is 0 Å². The molecule has 110 valence electrons. The summed E-state index contributed by atoms with van der Waals surface area (Å²) < 4.78 is 5.11. The number of hydrogen-bond donors (Lipinski definition) is 4. The van der Waals surface area contributed by atoms with Crippen molar-refractivity contribution in [2.45, 2.75) is 19.4 Å². The van der Waals surface area contributed by atoms with Crippen molar-refractivity contribution in [3.63, 3.8) is 0 Å². The number of nitrogens with one attached hydrogen (secondary N) is 2. The van der Waals surface area contributed by atoms with E-state index in [0.717, 1.165) is 11.3 Å². The predicted octanol–water partition coefficient (Wildman–Crippen LogP) is 0.961. The third-order valence-electron chi connectivity index (χ3n) is 2.64. The average molecular weight is 282 g/mol. The van der Waals surface area contributed by atoms with Crippen molar-refractivity contribution in [2.75, 3.05) is 19.0 Å². The van der Waals surface area contributed by atoms with E-state index in [1.165, 1.54) is 0 Å². The van der Waals surface area contributed by atoms with Gasteiger partial charge in [0.25, 0.3) is 0 Å². The maximum Gasteiger partial charge on any atom is 0.332 e. The number of aliphatic carboxylic acids is 1. The predicted molar refractivity (Wildman–Crippen MR) is 73.0 cm³/mol. The van der Waals surface area contributed by atoms with Gasteiger partial charge in [-0.1, -0.05) is 0 Å². The van der Waals surface area contributed by atoms with Crippen LogP contribution in [0.4, 0.5) is 10.5 Å². The van der Waals surface area contributed by atoms with E-state index in [1.54, 1.807) is 25.3 Å². The molecule has 1 aromatic carbocycles. The molecular formula is C13H18N2O5. The Morgan fingerprint density at radius 1 is 1.40 bits per heavy atom. The number of carboxylic acid groups (broad SMARTS) is 1. The minimum atomic E-state index is -1.47. The fourth-order valence-corrected chi connectivity index (χ4v) is 1.58. The molecular weight excluding hydrogens is 264 g/mol. The lowest BCUT2D eigenvalue weighted by atomic mass is 10.2. The molecule has 0 heterocycles. The van der Waals surface area contributed by atoms with E-state index in [4.69, 9.17) is 14.9 Å². The van der Waals surface area contributed by atoms with Gasteiger partial charge in [0.2, 0.25) is 0 Å². The van der Waals surface area contributed by atoms with Gasteiger partial charge >= 0.3 is 12.0 Å². The number of amides is 2.